The van der Waals surface area contributed by atoms with Gasteiger partial charge in [0.15, 0.2) is 0 Å². The van der Waals surface area contributed by atoms with Crippen LogP contribution in [-0.2, 0) is 5.41 Å². The number of hydrogen-bond acceptors (Lipinski definition) is 1. The minimum absolute atomic E-state index is 0.105. The van der Waals surface area contributed by atoms with E-state index < -0.39 is 0 Å². The number of phenols is 1. The van der Waals surface area contributed by atoms with Crippen molar-refractivity contribution in [3.05, 3.63) is 28.8 Å². The van der Waals surface area contributed by atoms with Crippen molar-refractivity contribution < 1.29 is 5.11 Å². The van der Waals surface area contributed by atoms with Gasteiger partial charge >= 0.3 is 0 Å². The highest BCUT2D eigenvalue weighted by atomic mass is 16.3. The van der Waals surface area contributed by atoms with Crippen LogP contribution >= 0.6 is 0 Å². The van der Waals surface area contributed by atoms with Crippen LogP contribution in [0.1, 0.15) is 37.5 Å². The first-order chi connectivity index (χ1) is 5.82. The first kappa shape index (κ1) is 10.1. The van der Waals surface area contributed by atoms with Crippen LogP contribution in [0.15, 0.2) is 12.1 Å². The van der Waals surface area contributed by atoms with Crippen LogP contribution in [-0.4, -0.2) is 5.11 Å². The third kappa shape index (κ3) is 2.03. The summed E-state index contributed by atoms with van der Waals surface area (Å²) in [7, 11) is 0. The molecule has 0 bridgehead atoms. The lowest BCUT2D eigenvalue weighted by Crippen LogP contribution is -2.13. The van der Waals surface area contributed by atoms with Crippen LogP contribution in [0, 0.1) is 13.8 Å². The Hall–Kier alpha value is -0.980. The molecule has 0 amide bonds. The molecule has 0 aromatic heterocycles. The van der Waals surface area contributed by atoms with E-state index >= 15 is 0 Å². The highest BCUT2D eigenvalue weighted by molar-refractivity contribution is 5.44. The van der Waals surface area contributed by atoms with E-state index in [0.717, 1.165) is 11.1 Å². The summed E-state index contributed by atoms with van der Waals surface area (Å²) in [5, 5.41) is 9.64. The van der Waals surface area contributed by atoms with Gasteiger partial charge in [-0.3, -0.25) is 0 Å². The minimum atomic E-state index is 0.105. The van der Waals surface area contributed by atoms with Gasteiger partial charge in [-0.2, -0.15) is 0 Å². The lowest BCUT2D eigenvalue weighted by atomic mass is 9.83. The lowest BCUT2D eigenvalue weighted by Gasteiger charge is -2.22. The largest absolute Gasteiger partial charge is 0.508 e. The summed E-state index contributed by atoms with van der Waals surface area (Å²) in [4.78, 5) is 0. The molecule has 0 unspecified atom stereocenters. The van der Waals surface area contributed by atoms with Gasteiger partial charge in [0.05, 0.1) is 0 Å². The molecule has 1 nitrogen and oxygen atoms in total. The third-order valence-electron chi connectivity index (χ3n) is 2.33. The van der Waals surface area contributed by atoms with Crippen LogP contribution in [0.5, 0.6) is 5.75 Å². The Bertz CT molecular complexity index is 319. The molecule has 13 heavy (non-hydrogen) atoms. The van der Waals surface area contributed by atoms with E-state index in [1.807, 2.05) is 19.9 Å². The van der Waals surface area contributed by atoms with Crippen molar-refractivity contribution in [2.75, 3.05) is 0 Å². The van der Waals surface area contributed by atoms with Gasteiger partial charge < -0.3 is 5.11 Å². The number of aryl methyl sites for hydroxylation is 1. The van der Waals surface area contributed by atoms with Crippen LogP contribution in [0.3, 0.4) is 0 Å². The van der Waals surface area contributed by atoms with Crippen molar-refractivity contribution >= 4 is 0 Å². The molecule has 1 heteroatoms. The normalized spacial score (nSPS) is 11.8. The maximum atomic E-state index is 9.64. The molecule has 0 aliphatic rings. The smallest absolute Gasteiger partial charge is 0.119 e. The molecule has 72 valence electrons. The SMILES string of the molecule is Cc1cc(O)c(C)c(C(C)(C)C)c1. The molecular formula is C12H18O. The van der Waals surface area contributed by atoms with Crippen molar-refractivity contribution in [2.24, 2.45) is 0 Å². The van der Waals surface area contributed by atoms with Crippen molar-refractivity contribution in [1.82, 2.24) is 0 Å². The van der Waals surface area contributed by atoms with Gasteiger partial charge in [-0.25, -0.2) is 0 Å². The first-order valence-electron chi connectivity index (χ1n) is 4.63. The molecule has 0 radical (unpaired) electrons. The van der Waals surface area contributed by atoms with E-state index in [9.17, 15) is 5.11 Å². The second-order valence-electron chi connectivity index (χ2n) is 4.71. The molecule has 0 heterocycles. The quantitative estimate of drug-likeness (QED) is 0.646. The summed E-state index contributed by atoms with van der Waals surface area (Å²) in [6.07, 6.45) is 0. The van der Waals surface area contributed by atoms with Crippen molar-refractivity contribution in [1.29, 1.82) is 0 Å². The summed E-state index contributed by atoms with van der Waals surface area (Å²) in [5.74, 6) is 0.407. The highest BCUT2D eigenvalue weighted by Crippen LogP contribution is 2.31. The summed E-state index contributed by atoms with van der Waals surface area (Å²) >= 11 is 0. The molecule has 0 aliphatic carbocycles. The molecule has 1 aromatic carbocycles. The average Bonchev–Trinajstić information content (AvgIpc) is 1.94. The van der Waals surface area contributed by atoms with E-state index in [1.54, 1.807) is 0 Å². The topological polar surface area (TPSA) is 20.2 Å². The Kier molecular flexibility index (Phi) is 2.38. The van der Waals surface area contributed by atoms with Gasteiger partial charge in [-0.1, -0.05) is 26.8 Å². The van der Waals surface area contributed by atoms with Gasteiger partial charge in [-0.05, 0) is 42.0 Å². The Balaban J connectivity index is 3.37. The number of phenolic OH excluding ortho intramolecular Hbond substituents is 1. The molecule has 1 aromatic rings. The summed E-state index contributed by atoms with van der Waals surface area (Å²) in [6.45, 7) is 10.5. The maximum absolute atomic E-state index is 9.64. The second kappa shape index (κ2) is 3.06. The molecule has 0 spiro atoms. The molecule has 1 N–H and O–H groups in total. The monoisotopic (exact) mass is 178 g/mol. The van der Waals surface area contributed by atoms with Crippen LogP contribution in [0.25, 0.3) is 0 Å². The summed E-state index contributed by atoms with van der Waals surface area (Å²) in [5.41, 5.74) is 3.45. The zero-order valence-electron chi connectivity index (χ0n) is 9.10. The predicted octanol–water partition coefficient (Wildman–Crippen LogP) is 3.31. The van der Waals surface area contributed by atoms with Crippen LogP contribution in [0.4, 0.5) is 0 Å². The lowest BCUT2D eigenvalue weighted by molar-refractivity contribution is 0.465. The Morgan fingerprint density at radius 2 is 1.62 bits per heavy atom. The first-order valence-corrected chi connectivity index (χ1v) is 4.63. The van der Waals surface area contributed by atoms with Crippen molar-refractivity contribution in [3.63, 3.8) is 0 Å². The standard InChI is InChI=1S/C12H18O/c1-8-6-10(12(3,4)5)9(2)11(13)7-8/h6-7,13H,1-5H3. The van der Waals surface area contributed by atoms with Crippen molar-refractivity contribution in [3.8, 4) is 5.75 Å². The third-order valence-corrected chi connectivity index (χ3v) is 2.33. The van der Waals surface area contributed by atoms with E-state index in [2.05, 4.69) is 26.8 Å². The summed E-state index contributed by atoms with van der Waals surface area (Å²) in [6, 6.07) is 3.96. The van der Waals surface area contributed by atoms with E-state index in [4.69, 9.17) is 0 Å². The molecule has 1 rings (SSSR count). The molecule has 0 fully saturated rings. The number of aromatic hydroxyl groups is 1. The van der Waals surface area contributed by atoms with Gasteiger partial charge in [0.25, 0.3) is 0 Å². The van der Waals surface area contributed by atoms with E-state index in [0.29, 0.717) is 5.75 Å². The molecular weight excluding hydrogens is 160 g/mol. The molecule has 0 saturated carbocycles. The van der Waals surface area contributed by atoms with Gasteiger partial charge in [0, 0.05) is 0 Å². The van der Waals surface area contributed by atoms with E-state index in [-0.39, 0.29) is 5.41 Å². The minimum Gasteiger partial charge on any atom is -0.508 e. The molecule has 0 saturated heterocycles. The fourth-order valence-corrected chi connectivity index (χ4v) is 1.62. The number of rotatable bonds is 0. The fourth-order valence-electron chi connectivity index (χ4n) is 1.62. The van der Waals surface area contributed by atoms with Crippen molar-refractivity contribution in [2.45, 2.75) is 40.0 Å². The number of hydrogen-bond donors (Lipinski definition) is 1. The Morgan fingerprint density at radius 1 is 1.08 bits per heavy atom. The van der Waals surface area contributed by atoms with Gasteiger partial charge in [0.2, 0.25) is 0 Å². The molecule has 0 atom stereocenters. The highest BCUT2D eigenvalue weighted by Gasteiger charge is 2.18. The maximum Gasteiger partial charge on any atom is 0.119 e. The average molecular weight is 178 g/mol. The number of benzene rings is 1. The van der Waals surface area contributed by atoms with Crippen LogP contribution in [0.2, 0.25) is 0 Å². The van der Waals surface area contributed by atoms with Gasteiger partial charge in [-0.15, -0.1) is 0 Å². The summed E-state index contributed by atoms with van der Waals surface area (Å²) < 4.78 is 0. The Labute approximate surface area is 80.4 Å². The molecule has 0 aliphatic heterocycles. The predicted molar refractivity (Wildman–Crippen MR) is 56.3 cm³/mol. The Morgan fingerprint density at radius 3 is 2.08 bits per heavy atom. The second-order valence-corrected chi connectivity index (χ2v) is 4.71. The fraction of sp³-hybridized carbons (Fsp3) is 0.500. The zero-order chi connectivity index (χ0) is 10.2. The van der Waals surface area contributed by atoms with E-state index in [1.165, 1.54) is 5.56 Å². The zero-order valence-corrected chi connectivity index (χ0v) is 9.10. The van der Waals surface area contributed by atoms with Gasteiger partial charge in [0.1, 0.15) is 5.75 Å². The van der Waals surface area contributed by atoms with Crippen LogP contribution < -0.4 is 0 Å².